The topological polar surface area (TPSA) is 72.2 Å². The van der Waals surface area contributed by atoms with Crippen LogP contribution < -0.4 is 10.5 Å². The fraction of sp³-hybridized carbons (Fsp3) is 0.400. The quantitative estimate of drug-likeness (QED) is 0.850. The molecule has 1 rings (SSSR count). The van der Waals surface area contributed by atoms with Gasteiger partial charge in [-0.2, -0.15) is 0 Å². The molecule has 1 unspecified atom stereocenters. The van der Waals surface area contributed by atoms with Crippen molar-refractivity contribution in [2.24, 2.45) is 5.73 Å². The molecule has 0 amide bonds. The van der Waals surface area contributed by atoms with Gasteiger partial charge in [-0.05, 0) is 19.9 Å². The van der Waals surface area contributed by atoms with Crippen LogP contribution in [0, 0.1) is 17.5 Å². The summed E-state index contributed by atoms with van der Waals surface area (Å²) in [6, 6.07) is 0.0417. The van der Waals surface area contributed by atoms with Gasteiger partial charge < -0.3 is 5.73 Å². The highest BCUT2D eigenvalue weighted by Gasteiger charge is 2.26. The average molecular weight is 282 g/mol. The summed E-state index contributed by atoms with van der Waals surface area (Å²) in [4.78, 5) is -1.19. The molecule has 0 saturated heterocycles. The minimum absolute atomic E-state index is 0.220. The Morgan fingerprint density at radius 2 is 1.78 bits per heavy atom. The summed E-state index contributed by atoms with van der Waals surface area (Å²) in [7, 11) is -4.38. The molecule has 0 aliphatic heterocycles. The zero-order chi connectivity index (χ0) is 13.9. The van der Waals surface area contributed by atoms with Crippen molar-refractivity contribution in [1.29, 1.82) is 0 Å². The number of halogens is 3. The lowest BCUT2D eigenvalue weighted by Gasteiger charge is -2.14. The van der Waals surface area contributed by atoms with E-state index in [4.69, 9.17) is 5.73 Å². The van der Waals surface area contributed by atoms with Crippen LogP contribution in [-0.2, 0) is 10.0 Å². The molecule has 18 heavy (non-hydrogen) atoms. The lowest BCUT2D eigenvalue weighted by Crippen LogP contribution is -2.35. The highest BCUT2D eigenvalue weighted by Crippen LogP contribution is 2.20. The molecule has 0 heterocycles. The second-order valence-corrected chi connectivity index (χ2v) is 5.45. The van der Waals surface area contributed by atoms with Crippen LogP contribution in [0.3, 0.4) is 0 Å². The molecular formula is C10H13F3N2O2S. The highest BCUT2D eigenvalue weighted by atomic mass is 32.2. The number of nitrogens with one attached hydrogen (secondary N) is 1. The van der Waals surface area contributed by atoms with Gasteiger partial charge in [0, 0.05) is 18.2 Å². The van der Waals surface area contributed by atoms with Crippen molar-refractivity contribution in [2.75, 3.05) is 6.54 Å². The smallest absolute Gasteiger partial charge is 0.246 e. The maximum Gasteiger partial charge on any atom is 0.246 e. The third-order valence-corrected chi connectivity index (χ3v) is 3.83. The molecule has 1 atom stereocenters. The van der Waals surface area contributed by atoms with Crippen molar-refractivity contribution in [3.05, 3.63) is 29.6 Å². The van der Waals surface area contributed by atoms with E-state index in [0.717, 1.165) is 0 Å². The number of hydrogen-bond acceptors (Lipinski definition) is 3. The summed E-state index contributed by atoms with van der Waals surface area (Å²) in [6.07, 6.45) is 0.309. The minimum Gasteiger partial charge on any atom is -0.330 e. The van der Waals surface area contributed by atoms with Gasteiger partial charge in [-0.3, -0.25) is 0 Å². The van der Waals surface area contributed by atoms with Crippen LogP contribution in [0.15, 0.2) is 17.0 Å². The number of nitrogens with two attached hydrogens (primary N) is 1. The van der Waals surface area contributed by atoms with Gasteiger partial charge in [-0.25, -0.2) is 26.3 Å². The van der Waals surface area contributed by atoms with Gasteiger partial charge in [-0.1, -0.05) is 0 Å². The van der Waals surface area contributed by atoms with Crippen molar-refractivity contribution in [3.8, 4) is 0 Å². The summed E-state index contributed by atoms with van der Waals surface area (Å²) in [5.74, 6) is -4.13. The predicted molar refractivity (Wildman–Crippen MR) is 59.8 cm³/mol. The van der Waals surface area contributed by atoms with Crippen LogP contribution in [0.2, 0.25) is 0 Å². The maximum absolute atomic E-state index is 13.3. The van der Waals surface area contributed by atoms with E-state index in [0.29, 0.717) is 18.6 Å². The Bertz CT molecular complexity index is 511. The van der Waals surface area contributed by atoms with Crippen molar-refractivity contribution in [1.82, 2.24) is 4.72 Å². The summed E-state index contributed by atoms with van der Waals surface area (Å²) in [5, 5.41) is 0. The molecule has 0 aliphatic carbocycles. The third kappa shape index (κ3) is 3.44. The van der Waals surface area contributed by atoms with Crippen LogP contribution in [0.5, 0.6) is 0 Å². The van der Waals surface area contributed by atoms with Gasteiger partial charge in [0.15, 0.2) is 4.90 Å². The Labute approximate surface area is 103 Å². The van der Waals surface area contributed by atoms with E-state index in [2.05, 4.69) is 4.72 Å². The molecule has 1 aromatic rings. The molecule has 0 aromatic heterocycles. The van der Waals surface area contributed by atoms with E-state index in [-0.39, 0.29) is 6.54 Å². The van der Waals surface area contributed by atoms with Crippen molar-refractivity contribution in [2.45, 2.75) is 24.3 Å². The first kappa shape index (κ1) is 14.9. The molecule has 8 heteroatoms. The molecule has 0 fully saturated rings. The zero-order valence-electron chi connectivity index (χ0n) is 9.58. The second kappa shape index (κ2) is 5.68. The van der Waals surface area contributed by atoms with E-state index in [1.165, 1.54) is 6.92 Å². The number of rotatable bonds is 5. The summed E-state index contributed by atoms with van der Waals surface area (Å²) in [5.41, 5.74) is 5.23. The van der Waals surface area contributed by atoms with Crippen molar-refractivity contribution >= 4 is 10.0 Å². The Kier molecular flexibility index (Phi) is 4.71. The zero-order valence-corrected chi connectivity index (χ0v) is 10.4. The normalized spacial score (nSPS) is 13.6. The van der Waals surface area contributed by atoms with Crippen LogP contribution in [-0.4, -0.2) is 21.0 Å². The predicted octanol–water partition coefficient (Wildman–Crippen LogP) is 1.12. The van der Waals surface area contributed by atoms with Crippen LogP contribution in [0.25, 0.3) is 0 Å². The van der Waals surface area contributed by atoms with Crippen LogP contribution in [0.4, 0.5) is 13.2 Å². The number of benzene rings is 1. The number of hydrogen-bond donors (Lipinski definition) is 2. The van der Waals surface area contributed by atoms with E-state index in [1.807, 2.05) is 0 Å². The molecule has 4 nitrogen and oxygen atoms in total. The fourth-order valence-electron chi connectivity index (χ4n) is 1.42. The Hall–Kier alpha value is -1.12. The lowest BCUT2D eigenvalue weighted by molar-refractivity contribution is 0.488. The summed E-state index contributed by atoms with van der Waals surface area (Å²) in [6.45, 7) is 1.72. The van der Waals surface area contributed by atoms with Gasteiger partial charge in [-0.15, -0.1) is 0 Å². The minimum atomic E-state index is -4.38. The number of sulfonamides is 1. The first-order valence-electron chi connectivity index (χ1n) is 5.15. The molecule has 0 radical (unpaired) electrons. The Balaban J connectivity index is 3.13. The van der Waals surface area contributed by atoms with Crippen molar-refractivity contribution < 1.29 is 21.6 Å². The van der Waals surface area contributed by atoms with E-state index >= 15 is 0 Å². The van der Waals surface area contributed by atoms with Gasteiger partial charge in [0.2, 0.25) is 10.0 Å². The van der Waals surface area contributed by atoms with E-state index in [9.17, 15) is 21.6 Å². The first-order chi connectivity index (χ1) is 8.27. The molecule has 0 bridgehead atoms. The van der Waals surface area contributed by atoms with Gasteiger partial charge in [0.05, 0.1) is 0 Å². The maximum atomic E-state index is 13.3. The molecular weight excluding hydrogens is 269 g/mol. The van der Waals surface area contributed by atoms with Gasteiger partial charge in [0.1, 0.15) is 17.5 Å². The van der Waals surface area contributed by atoms with Crippen LogP contribution >= 0.6 is 0 Å². The van der Waals surface area contributed by atoms with Crippen molar-refractivity contribution in [3.63, 3.8) is 0 Å². The van der Waals surface area contributed by atoms with Gasteiger partial charge in [0.25, 0.3) is 0 Å². The third-order valence-electron chi connectivity index (χ3n) is 2.19. The summed E-state index contributed by atoms with van der Waals surface area (Å²) < 4.78 is 64.8. The summed E-state index contributed by atoms with van der Waals surface area (Å²) >= 11 is 0. The first-order valence-corrected chi connectivity index (χ1v) is 6.63. The molecule has 0 saturated carbocycles. The van der Waals surface area contributed by atoms with E-state index < -0.39 is 38.4 Å². The fourth-order valence-corrected chi connectivity index (χ4v) is 2.82. The average Bonchev–Trinajstić information content (AvgIpc) is 2.13. The standard InChI is InChI=1S/C10H13F3N2O2S/c1-6(2-3-14)15-18(16,17)10-8(12)4-7(11)5-9(10)13/h4-6,15H,2-3,14H2,1H3. The van der Waals surface area contributed by atoms with Gasteiger partial charge >= 0.3 is 0 Å². The molecule has 3 N–H and O–H groups in total. The Morgan fingerprint density at radius 3 is 2.22 bits per heavy atom. The largest absolute Gasteiger partial charge is 0.330 e. The van der Waals surface area contributed by atoms with E-state index in [1.54, 1.807) is 0 Å². The monoisotopic (exact) mass is 282 g/mol. The highest BCUT2D eigenvalue weighted by molar-refractivity contribution is 7.89. The molecule has 102 valence electrons. The second-order valence-electron chi connectivity index (χ2n) is 3.80. The lowest BCUT2D eigenvalue weighted by atomic mass is 10.3. The molecule has 1 aromatic carbocycles. The SMILES string of the molecule is CC(CCN)NS(=O)(=O)c1c(F)cc(F)cc1F. The molecule has 0 aliphatic rings. The van der Waals surface area contributed by atoms with Crippen LogP contribution in [0.1, 0.15) is 13.3 Å². The molecule has 0 spiro atoms. The Morgan fingerprint density at radius 1 is 1.28 bits per heavy atom.